The predicted molar refractivity (Wildman–Crippen MR) is 82.6 cm³/mol. The summed E-state index contributed by atoms with van der Waals surface area (Å²) in [6.45, 7) is 3.11. The molecule has 0 amide bonds. The molecule has 0 unspecified atom stereocenters. The molecule has 0 aliphatic rings. The second-order valence-corrected chi connectivity index (χ2v) is 5.31. The summed E-state index contributed by atoms with van der Waals surface area (Å²) in [6.07, 6.45) is 9.30. The summed E-state index contributed by atoms with van der Waals surface area (Å²) < 4.78 is 5.76. The quantitative estimate of drug-likeness (QED) is 0.397. The maximum atomic E-state index is 5.76. The van der Waals surface area contributed by atoms with E-state index in [9.17, 15) is 0 Å². The maximum Gasteiger partial charge on any atom is 0.119 e. The fourth-order valence-corrected chi connectivity index (χ4v) is 2.32. The molecule has 0 saturated heterocycles. The van der Waals surface area contributed by atoms with E-state index in [0.29, 0.717) is 0 Å². The molecule has 0 N–H and O–H groups in total. The van der Waals surface area contributed by atoms with Gasteiger partial charge in [0.05, 0.1) is 6.61 Å². The number of hydrogen-bond acceptors (Lipinski definition) is 1. The van der Waals surface area contributed by atoms with Crippen LogP contribution in [0.1, 0.15) is 57.4 Å². The number of hydrogen-bond donors (Lipinski definition) is 0. The Hall–Kier alpha value is -0.500. The summed E-state index contributed by atoms with van der Waals surface area (Å²) in [6, 6.07) is 8.30. The first-order chi connectivity index (χ1) is 8.86. The minimum atomic E-state index is 0.847. The van der Waals surface area contributed by atoms with E-state index in [1.54, 1.807) is 0 Å². The van der Waals surface area contributed by atoms with Gasteiger partial charge in [-0.05, 0) is 24.1 Å². The van der Waals surface area contributed by atoms with E-state index in [1.807, 2.05) is 6.07 Å². The summed E-state index contributed by atoms with van der Waals surface area (Å²) in [5.41, 5.74) is 1.27. The molecule has 1 rings (SSSR count). The molecule has 18 heavy (non-hydrogen) atoms. The third kappa shape index (κ3) is 7.05. The van der Waals surface area contributed by atoms with E-state index in [1.165, 1.54) is 50.5 Å². The highest BCUT2D eigenvalue weighted by atomic mass is 79.9. The van der Waals surface area contributed by atoms with Crippen molar-refractivity contribution in [1.82, 2.24) is 0 Å². The number of halogens is 1. The van der Waals surface area contributed by atoms with Crippen LogP contribution in [0.2, 0.25) is 0 Å². The normalized spacial score (nSPS) is 10.6. The number of unbranched alkanes of at least 4 members (excludes halogenated alkanes) is 6. The molecule has 0 saturated carbocycles. The molecule has 0 spiro atoms. The largest absolute Gasteiger partial charge is 0.494 e. The molecule has 0 aliphatic carbocycles. The number of ether oxygens (including phenoxy) is 1. The molecule has 1 aromatic carbocycles. The second-order valence-electron chi connectivity index (χ2n) is 4.75. The minimum Gasteiger partial charge on any atom is -0.494 e. The zero-order chi connectivity index (χ0) is 13.1. The van der Waals surface area contributed by atoms with Crippen LogP contribution in [-0.2, 0) is 5.33 Å². The van der Waals surface area contributed by atoms with Crippen molar-refractivity contribution in [2.45, 2.75) is 57.2 Å². The van der Waals surface area contributed by atoms with Crippen LogP contribution in [0.3, 0.4) is 0 Å². The number of rotatable bonds is 10. The SMILES string of the molecule is CCCCCCCCCOc1cccc(CBr)c1. The van der Waals surface area contributed by atoms with E-state index in [4.69, 9.17) is 4.74 Å². The molecule has 0 aliphatic heterocycles. The summed E-state index contributed by atoms with van der Waals surface area (Å²) in [5.74, 6) is 0.998. The van der Waals surface area contributed by atoms with Crippen LogP contribution in [0.4, 0.5) is 0 Å². The Kier molecular flexibility index (Phi) is 9.01. The first-order valence-corrected chi connectivity index (χ1v) is 8.26. The van der Waals surface area contributed by atoms with Crippen molar-refractivity contribution < 1.29 is 4.74 Å². The van der Waals surface area contributed by atoms with Gasteiger partial charge in [-0.3, -0.25) is 0 Å². The Morgan fingerprint density at radius 3 is 2.44 bits per heavy atom. The highest BCUT2D eigenvalue weighted by molar-refractivity contribution is 9.08. The average molecular weight is 313 g/mol. The Balaban J connectivity index is 2.03. The van der Waals surface area contributed by atoms with Gasteiger partial charge >= 0.3 is 0 Å². The van der Waals surface area contributed by atoms with Gasteiger partial charge in [0.1, 0.15) is 5.75 Å². The van der Waals surface area contributed by atoms with Crippen LogP contribution in [0.25, 0.3) is 0 Å². The van der Waals surface area contributed by atoms with Gasteiger partial charge in [-0.25, -0.2) is 0 Å². The first-order valence-electron chi connectivity index (χ1n) is 7.14. The van der Waals surface area contributed by atoms with Gasteiger partial charge in [-0.15, -0.1) is 0 Å². The van der Waals surface area contributed by atoms with Gasteiger partial charge in [0, 0.05) is 5.33 Å². The lowest BCUT2D eigenvalue weighted by Crippen LogP contribution is -1.97. The summed E-state index contributed by atoms with van der Waals surface area (Å²) >= 11 is 3.46. The number of alkyl halides is 1. The van der Waals surface area contributed by atoms with Gasteiger partial charge in [-0.2, -0.15) is 0 Å². The fraction of sp³-hybridized carbons (Fsp3) is 0.625. The zero-order valence-corrected chi connectivity index (χ0v) is 13.0. The topological polar surface area (TPSA) is 9.23 Å². The minimum absolute atomic E-state index is 0.847. The molecular formula is C16H25BrO. The molecule has 1 nitrogen and oxygen atoms in total. The van der Waals surface area contributed by atoms with Crippen LogP contribution in [0.15, 0.2) is 24.3 Å². The molecular weight excluding hydrogens is 288 g/mol. The molecule has 102 valence electrons. The first kappa shape index (κ1) is 15.6. The van der Waals surface area contributed by atoms with Gasteiger partial charge in [0.15, 0.2) is 0 Å². The molecule has 0 radical (unpaired) electrons. The van der Waals surface area contributed by atoms with Crippen molar-refractivity contribution in [2.75, 3.05) is 6.61 Å². The van der Waals surface area contributed by atoms with Gasteiger partial charge < -0.3 is 4.74 Å². The van der Waals surface area contributed by atoms with Crippen molar-refractivity contribution in [1.29, 1.82) is 0 Å². The van der Waals surface area contributed by atoms with Crippen molar-refractivity contribution in [3.63, 3.8) is 0 Å². The highest BCUT2D eigenvalue weighted by Gasteiger charge is 1.96. The third-order valence-corrected chi connectivity index (χ3v) is 3.72. The summed E-state index contributed by atoms with van der Waals surface area (Å²) in [4.78, 5) is 0. The molecule has 0 fully saturated rings. The van der Waals surface area contributed by atoms with Crippen LogP contribution in [0.5, 0.6) is 5.75 Å². The van der Waals surface area contributed by atoms with Crippen molar-refractivity contribution in [2.24, 2.45) is 0 Å². The Morgan fingerprint density at radius 1 is 1.00 bits per heavy atom. The van der Waals surface area contributed by atoms with E-state index in [2.05, 4.69) is 41.1 Å². The smallest absolute Gasteiger partial charge is 0.119 e. The monoisotopic (exact) mass is 312 g/mol. The maximum absolute atomic E-state index is 5.76. The predicted octanol–water partition coefficient (Wildman–Crippen LogP) is 5.71. The zero-order valence-electron chi connectivity index (χ0n) is 11.5. The summed E-state index contributed by atoms with van der Waals surface area (Å²) in [7, 11) is 0. The van der Waals surface area contributed by atoms with Crippen LogP contribution >= 0.6 is 15.9 Å². The van der Waals surface area contributed by atoms with Crippen LogP contribution in [0, 0.1) is 0 Å². The molecule has 1 aromatic rings. The van der Waals surface area contributed by atoms with Gasteiger partial charge in [0.25, 0.3) is 0 Å². The second kappa shape index (κ2) is 10.4. The van der Waals surface area contributed by atoms with E-state index in [-0.39, 0.29) is 0 Å². The Morgan fingerprint density at radius 2 is 1.72 bits per heavy atom. The fourth-order valence-electron chi connectivity index (χ4n) is 1.97. The highest BCUT2D eigenvalue weighted by Crippen LogP contribution is 2.16. The average Bonchev–Trinajstić information content (AvgIpc) is 2.42. The Bertz CT molecular complexity index is 312. The standard InChI is InChI=1S/C16H25BrO/c1-2-3-4-5-6-7-8-12-18-16-11-9-10-15(13-16)14-17/h9-11,13H,2-8,12,14H2,1H3. The van der Waals surface area contributed by atoms with Crippen LogP contribution in [-0.4, -0.2) is 6.61 Å². The van der Waals surface area contributed by atoms with E-state index in [0.717, 1.165) is 17.7 Å². The third-order valence-electron chi connectivity index (χ3n) is 3.07. The van der Waals surface area contributed by atoms with E-state index < -0.39 is 0 Å². The Labute approximate surface area is 120 Å². The van der Waals surface area contributed by atoms with Gasteiger partial charge in [0.2, 0.25) is 0 Å². The van der Waals surface area contributed by atoms with Crippen molar-refractivity contribution >= 4 is 15.9 Å². The van der Waals surface area contributed by atoms with Gasteiger partial charge in [-0.1, -0.05) is 73.5 Å². The van der Waals surface area contributed by atoms with Crippen molar-refractivity contribution in [3.05, 3.63) is 29.8 Å². The molecule has 0 bridgehead atoms. The molecule has 0 aromatic heterocycles. The molecule has 2 heteroatoms. The van der Waals surface area contributed by atoms with Crippen LogP contribution < -0.4 is 4.74 Å². The lowest BCUT2D eigenvalue weighted by molar-refractivity contribution is 0.304. The lowest BCUT2D eigenvalue weighted by Gasteiger charge is -2.07. The lowest BCUT2D eigenvalue weighted by atomic mass is 10.1. The van der Waals surface area contributed by atoms with Crippen molar-refractivity contribution in [3.8, 4) is 5.75 Å². The van der Waals surface area contributed by atoms with E-state index >= 15 is 0 Å². The number of benzene rings is 1. The summed E-state index contributed by atoms with van der Waals surface area (Å²) in [5, 5.41) is 0.891. The molecule has 0 atom stereocenters. The molecule has 0 heterocycles.